The first-order chi connectivity index (χ1) is 47.7. The number of phosphoric ester groups is 2. The van der Waals surface area contributed by atoms with Gasteiger partial charge in [0, 0.05) is 25.7 Å². The molecule has 0 bridgehead atoms. The van der Waals surface area contributed by atoms with Crippen molar-refractivity contribution in [2.45, 2.75) is 406 Å². The van der Waals surface area contributed by atoms with E-state index in [2.05, 4.69) is 64.2 Å². The summed E-state index contributed by atoms with van der Waals surface area (Å²) >= 11 is 0. The summed E-state index contributed by atoms with van der Waals surface area (Å²) in [6.45, 7) is 4.92. The van der Waals surface area contributed by atoms with Crippen molar-refractivity contribution >= 4 is 39.5 Å². The maximum Gasteiger partial charge on any atom is 0.472 e. The average molecular weight is 1430 g/mol. The second-order valence-electron chi connectivity index (χ2n) is 27.4. The van der Waals surface area contributed by atoms with Crippen LogP contribution in [0.25, 0.3) is 0 Å². The minimum atomic E-state index is -4.97. The molecule has 17 nitrogen and oxygen atoms in total. The molecule has 0 radical (unpaired) electrons. The maximum atomic E-state index is 13.1. The summed E-state index contributed by atoms with van der Waals surface area (Å²) in [5, 5.41) is 10.6. The third-order valence-corrected chi connectivity index (χ3v) is 19.5. The monoisotopic (exact) mass is 1430 g/mol. The fourth-order valence-corrected chi connectivity index (χ4v) is 13.0. The van der Waals surface area contributed by atoms with Crippen molar-refractivity contribution in [1.82, 2.24) is 0 Å². The number of aliphatic hydroxyl groups is 1. The van der Waals surface area contributed by atoms with Crippen LogP contribution in [-0.4, -0.2) is 96.7 Å². The zero-order valence-electron chi connectivity index (χ0n) is 63.0. The van der Waals surface area contributed by atoms with E-state index in [1.807, 2.05) is 0 Å². The Balaban J connectivity index is 5.31. The third kappa shape index (κ3) is 71.7. The van der Waals surface area contributed by atoms with Gasteiger partial charge in [-0.2, -0.15) is 0 Å². The van der Waals surface area contributed by atoms with Gasteiger partial charge < -0.3 is 33.8 Å². The van der Waals surface area contributed by atoms with E-state index in [9.17, 15) is 43.2 Å². The normalized spacial score (nSPS) is 14.1. The highest BCUT2D eigenvalue weighted by Crippen LogP contribution is 2.45. The number of esters is 4. The van der Waals surface area contributed by atoms with Crippen LogP contribution in [-0.2, 0) is 65.4 Å². The van der Waals surface area contributed by atoms with E-state index in [0.29, 0.717) is 25.7 Å². The molecule has 0 saturated carbocycles. The number of hydrogen-bond donors (Lipinski definition) is 3. The van der Waals surface area contributed by atoms with Gasteiger partial charge in [0.25, 0.3) is 0 Å². The average Bonchev–Trinajstić information content (AvgIpc) is 0.959. The third-order valence-electron chi connectivity index (χ3n) is 17.6. The van der Waals surface area contributed by atoms with Gasteiger partial charge in [-0.05, 0) is 83.5 Å². The Kier molecular flexibility index (Phi) is 70.6. The SMILES string of the molecule is CCCCC/C=C\C/C=C\CCCCCCCC(=O)OC[C@H](COP(=O)(O)OC[C@@H](O)COP(=O)(O)OC[C@@H](COC(=O)CCCCCCCCCCCCCCCCC)OC(=O)CCCCCCC/C=C\CCCCCCCC)OC(=O)CCCCCCCCCCCCCCC. The van der Waals surface area contributed by atoms with E-state index >= 15 is 0 Å². The van der Waals surface area contributed by atoms with E-state index in [1.54, 1.807) is 0 Å². The van der Waals surface area contributed by atoms with Crippen LogP contribution < -0.4 is 0 Å². The highest BCUT2D eigenvalue weighted by Gasteiger charge is 2.30. The van der Waals surface area contributed by atoms with Gasteiger partial charge in [-0.25, -0.2) is 9.13 Å². The van der Waals surface area contributed by atoms with Crippen molar-refractivity contribution in [2.24, 2.45) is 0 Å². The fourth-order valence-electron chi connectivity index (χ4n) is 11.4. The van der Waals surface area contributed by atoms with Gasteiger partial charge in [-0.15, -0.1) is 0 Å². The van der Waals surface area contributed by atoms with E-state index in [-0.39, 0.29) is 25.7 Å². The van der Waals surface area contributed by atoms with Crippen LogP contribution in [0.5, 0.6) is 0 Å². The Labute approximate surface area is 598 Å². The number of ether oxygens (including phenoxy) is 4. The molecule has 576 valence electrons. The summed E-state index contributed by atoms with van der Waals surface area (Å²) in [7, 11) is -9.93. The topological polar surface area (TPSA) is 237 Å². The van der Waals surface area contributed by atoms with Gasteiger partial charge in [-0.3, -0.25) is 37.3 Å². The number of carbonyl (C=O) groups is 4. The zero-order chi connectivity index (χ0) is 71.8. The second-order valence-corrected chi connectivity index (χ2v) is 30.3. The molecule has 0 aliphatic heterocycles. The molecule has 19 heteroatoms. The minimum absolute atomic E-state index is 0.0929. The lowest BCUT2D eigenvalue weighted by atomic mass is 10.0. The number of allylic oxidation sites excluding steroid dienone is 6. The van der Waals surface area contributed by atoms with E-state index in [1.165, 1.54) is 180 Å². The molecule has 0 saturated heterocycles. The molecule has 0 aromatic rings. The molecule has 0 amide bonds. The lowest BCUT2D eigenvalue weighted by Crippen LogP contribution is -2.30. The van der Waals surface area contributed by atoms with Crippen molar-refractivity contribution in [1.29, 1.82) is 0 Å². The molecule has 0 heterocycles. The van der Waals surface area contributed by atoms with Crippen LogP contribution in [0.15, 0.2) is 36.5 Å². The Morgan fingerprint density at radius 2 is 0.500 bits per heavy atom. The molecule has 0 spiro atoms. The Morgan fingerprint density at radius 3 is 0.786 bits per heavy atom. The molecule has 98 heavy (non-hydrogen) atoms. The summed E-state index contributed by atoms with van der Waals surface area (Å²) in [5.41, 5.74) is 0. The van der Waals surface area contributed by atoms with Gasteiger partial charge in [-0.1, -0.05) is 315 Å². The van der Waals surface area contributed by atoms with Crippen molar-refractivity contribution in [3.8, 4) is 0 Å². The number of aliphatic hydroxyl groups excluding tert-OH is 1. The Morgan fingerprint density at radius 1 is 0.286 bits per heavy atom. The summed E-state index contributed by atoms with van der Waals surface area (Å²) in [6.07, 6.45) is 68.3. The van der Waals surface area contributed by atoms with Crippen LogP contribution in [0.1, 0.15) is 387 Å². The fraction of sp³-hybridized carbons (Fsp3) is 0.873. The molecule has 0 fully saturated rings. The molecule has 3 N–H and O–H groups in total. The first-order valence-electron chi connectivity index (χ1n) is 40.2. The highest BCUT2D eigenvalue weighted by atomic mass is 31.2. The van der Waals surface area contributed by atoms with E-state index < -0.39 is 97.5 Å². The summed E-state index contributed by atoms with van der Waals surface area (Å²) in [5.74, 6) is -2.15. The standard InChI is InChI=1S/C79H148O17P2/c1-5-9-13-17-21-25-29-33-36-40-43-47-51-55-59-63-76(81)89-69-74(95-78(83)65-61-57-53-49-45-39-32-28-24-20-16-12-8-4)71-93-97(85,86)91-67-73(80)68-92-98(87,88)94-72-75(96-79(84)66-62-58-54-50-46-42-38-35-31-27-23-19-15-11-7-3)70-90-77(82)64-60-56-52-48-44-41-37-34-30-26-22-18-14-10-6-2/h21,25,33,35-36,38,73-75,80H,5-20,22-24,26-32,34,37,39-72H2,1-4H3,(H,85,86)(H,87,88)/b25-21-,36-33-,38-35-/t73-,74-,75-/m1/s1. The molecule has 0 aliphatic carbocycles. The van der Waals surface area contributed by atoms with Gasteiger partial charge in [0.1, 0.15) is 19.3 Å². The van der Waals surface area contributed by atoms with Crippen LogP contribution in [0, 0.1) is 0 Å². The summed E-state index contributed by atoms with van der Waals surface area (Å²) in [6, 6.07) is 0. The Bertz CT molecular complexity index is 2000. The summed E-state index contributed by atoms with van der Waals surface area (Å²) in [4.78, 5) is 72.9. The van der Waals surface area contributed by atoms with Crippen LogP contribution in [0.3, 0.4) is 0 Å². The molecular formula is C79H148O17P2. The molecular weight excluding hydrogens is 1280 g/mol. The van der Waals surface area contributed by atoms with Gasteiger partial charge in [0.05, 0.1) is 26.4 Å². The van der Waals surface area contributed by atoms with E-state index in [0.717, 1.165) is 128 Å². The summed E-state index contributed by atoms with van der Waals surface area (Å²) < 4.78 is 68.6. The largest absolute Gasteiger partial charge is 0.472 e. The number of hydrogen-bond acceptors (Lipinski definition) is 15. The lowest BCUT2D eigenvalue weighted by Gasteiger charge is -2.21. The first kappa shape index (κ1) is 95.3. The molecule has 5 atom stereocenters. The van der Waals surface area contributed by atoms with Crippen LogP contribution in [0.2, 0.25) is 0 Å². The van der Waals surface area contributed by atoms with Crippen molar-refractivity contribution in [3.05, 3.63) is 36.5 Å². The van der Waals surface area contributed by atoms with Crippen molar-refractivity contribution in [3.63, 3.8) is 0 Å². The lowest BCUT2D eigenvalue weighted by molar-refractivity contribution is -0.161. The number of carbonyl (C=O) groups excluding carboxylic acids is 4. The predicted octanol–water partition coefficient (Wildman–Crippen LogP) is 23.1. The van der Waals surface area contributed by atoms with Crippen molar-refractivity contribution < 1.29 is 80.2 Å². The second kappa shape index (κ2) is 72.6. The van der Waals surface area contributed by atoms with Crippen molar-refractivity contribution in [2.75, 3.05) is 39.6 Å². The predicted molar refractivity (Wildman–Crippen MR) is 400 cm³/mol. The van der Waals surface area contributed by atoms with Gasteiger partial charge in [0.2, 0.25) is 0 Å². The smallest absolute Gasteiger partial charge is 0.462 e. The molecule has 0 aliphatic rings. The van der Waals surface area contributed by atoms with Crippen LogP contribution >= 0.6 is 15.6 Å². The molecule has 0 rings (SSSR count). The molecule has 0 aromatic carbocycles. The van der Waals surface area contributed by atoms with Crippen LogP contribution in [0.4, 0.5) is 0 Å². The Hall–Kier alpha value is -2.72. The zero-order valence-corrected chi connectivity index (χ0v) is 64.8. The number of unbranched alkanes of at least 4 members (excludes halogenated alkanes) is 45. The molecule has 0 aromatic heterocycles. The highest BCUT2D eigenvalue weighted by molar-refractivity contribution is 7.47. The maximum absolute atomic E-state index is 13.1. The van der Waals surface area contributed by atoms with Gasteiger partial charge >= 0.3 is 39.5 Å². The number of phosphoric acid groups is 2. The number of rotatable bonds is 77. The first-order valence-corrected chi connectivity index (χ1v) is 43.2. The quantitative estimate of drug-likeness (QED) is 0.0169. The van der Waals surface area contributed by atoms with E-state index in [4.69, 9.17) is 37.0 Å². The minimum Gasteiger partial charge on any atom is -0.462 e. The molecule has 2 unspecified atom stereocenters. The van der Waals surface area contributed by atoms with Gasteiger partial charge in [0.15, 0.2) is 12.2 Å².